The molecule has 4 aromatic rings. The van der Waals surface area contributed by atoms with Crippen LogP contribution in [0.1, 0.15) is 48.6 Å². The topological polar surface area (TPSA) is 102 Å². The number of nitrogens with one attached hydrogen (secondary N) is 2. The van der Waals surface area contributed by atoms with Gasteiger partial charge in [0.1, 0.15) is 0 Å². The number of hydrogen-bond acceptors (Lipinski definition) is 7. The fraction of sp³-hybridized carbons (Fsp3) is 0.296. The van der Waals surface area contributed by atoms with Gasteiger partial charge in [-0.05, 0) is 31.9 Å². The van der Waals surface area contributed by atoms with Crippen molar-refractivity contribution in [1.82, 2.24) is 25.1 Å². The minimum atomic E-state index is -0.323. The van der Waals surface area contributed by atoms with Gasteiger partial charge in [0.15, 0.2) is 16.1 Å². The largest absolute Gasteiger partial charge is 0.342 e. The van der Waals surface area contributed by atoms with Gasteiger partial charge in [-0.15, -0.1) is 21.5 Å². The predicted octanol–water partition coefficient (Wildman–Crippen LogP) is 5.59. The maximum absolute atomic E-state index is 12.9. The van der Waals surface area contributed by atoms with Crippen LogP contribution in [0, 0.1) is 12.8 Å². The summed E-state index contributed by atoms with van der Waals surface area (Å²) in [5.74, 6) is 0.609. The molecule has 1 atom stereocenters. The molecular formula is C27H30N6O2S2. The van der Waals surface area contributed by atoms with E-state index >= 15 is 0 Å². The summed E-state index contributed by atoms with van der Waals surface area (Å²) in [6.45, 7) is 8.67. The SMILES string of the molecule is CCn1c(SCC(=O)Nc2nc(-c3ccccc3)cs2)nnc1[C@@H](NC(=O)c1ccc(C)cc1)C(C)C. The summed E-state index contributed by atoms with van der Waals surface area (Å²) in [6.07, 6.45) is 0. The van der Waals surface area contributed by atoms with E-state index in [1.165, 1.54) is 23.1 Å². The zero-order valence-corrected chi connectivity index (χ0v) is 22.9. The summed E-state index contributed by atoms with van der Waals surface area (Å²) in [5.41, 5.74) is 3.53. The van der Waals surface area contributed by atoms with Crippen molar-refractivity contribution in [2.24, 2.45) is 5.92 Å². The van der Waals surface area contributed by atoms with Crippen molar-refractivity contribution in [1.29, 1.82) is 0 Å². The van der Waals surface area contributed by atoms with E-state index in [0.29, 0.717) is 28.2 Å². The number of nitrogens with zero attached hydrogens (tertiary/aromatic N) is 4. The van der Waals surface area contributed by atoms with E-state index in [1.807, 2.05) is 92.2 Å². The van der Waals surface area contributed by atoms with Gasteiger partial charge in [0, 0.05) is 23.1 Å². The third kappa shape index (κ3) is 6.64. The lowest BCUT2D eigenvalue weighted by Gasteiger charge is -2.22. The van der Waals surface area contributed by atoms with E-state index in [0.717, 1.165) is 16.8 Å². The number of carbonyl (C=O) groups is 2. The Hall–Kier alpha value is -3.50. The van der Waals surface area contributed by atoms with Crippen LogP contribution < -0.4 is 10.6 Å². The number of benzene rings is 2. The highest BCUT2D eigenvalue weighted by Crippen LogP contribution is 2.27. The van der Waals surface area contributed by atoms with Crippen LogP contribution in [0.25, 0.3) is 11.3 Å². The van der Waals surface area contributed by atoms with Crippen molar-refractivity contribution in [3.63, 3.8) is 0 Å². The minimum Gasteiger partial charge on any atom is -0.342 e. The molecule has 0 aliphatic carbocycles. The van der Waals surface area contributed by atoms with Crippen molar-refractivity contribution in [3.8, 4) is 11.3 Å². The number of aryl methyl sites for hydroxylation is 1. The van der Waals surface area contributed by atoms with Gasteiger partial charge in [-0.3, -0.25) is 9.59 Å². The van der Waals surface area contributed by atoms with E-state index in [1.54, 1.807) is 0 Å². The lowest BCUT2D eigenvalue weighted by Crippen LogP contribution is -2.33. The molecule has 0 fully saturated rings. The first-order chi connectivity index (χ1) is 17.9. The Morgan fingerprint density at radius 2 is 1.78 bits per heavy atom. The highest BCUT2D eigenvalue weighted by atomic mass is 32.2. The van der Waals surface area contributed by atoms with Gasteiger partial charge >= 0.3 is 0 Å². The van der Waals surface area contributed by atoms with Crippen LogP contribution in [0.4, 0.5) is 5.13 Å². The van der Waals surface area contributed by atoms with Gasteiger partial charge in [0.2, 0.25) is 5.91 Å². The molecule has 0 saturated heterocycles. The van der Waals surface area contributed by atoms with Crippen molar-refractivity contribution < 1.29 is 9.59 Å². The standard InChI is InChI=1S/C27H30N6O2S2/c1-5-33-24(23(17(2)3)30-25(35)20-13-11-18(4)12-14-20)31-32-27(33)37-16-22(34)29-26-28-21(15-36-26)19-9-7-6-8-10-19/h6-15,17,23H,5,16H2,1-4H3,(H,30,35)(H,28,29,34)/t23-/m0/s1. The third-order valence-electron chi connectivity index (χ3n) is 5.76. The number of aromatic nitrogens is 4. The Morgan fingerprint density at radius 3 is 2.46 bits per heavy atom. The molecule has 2 heterocycles. The van der Waals surface area contributed by atoms with Gasteiger partial charge in [0.05, 0.1) is 17.5 Å². The van der Waals surface area contributed by atoms with Crippen LogP contribution in [0.15, 0.2) is 65.1 Å². The minimum absolute atomic E-state index is 0.0914. The number of anilines is 1. The first kappa shape index (κ1) is 26.6. The second-order valence-electron chi connectivity index (χ2n) is 8.89. The summed E-state index contributed by atoms with van der Waals surface area (Å²) in [4.78, 5) is 30.0. The molecule has 0 saturated carbocycles. The molecule has 2 N–H and O–H groups in total. The average molecular weight is 535 g/mol. The smallest absolute Gasteiger partial charge is 0.251 e. The molecule has 37 heavy (non-hydrogen) atoms. The second kappa shape index (κ2) is 12.2. The maximum atomic E-state index is 12.9. The van der Waals surface area contributed by atoms with Crippen molar-refractivity contribution in [2.45, 2.75) is 45.4 Å². The second-order valence-corrected chi connectivity index (χ2v) is 10.7. The number of thioether (sulfide) groups is 1. The van der Waals surface area contributed by atoms with Gasteiger partial charge in [-0.2, -0.15) is 0 Å². The molecule has 0 aliphatic rings. The third-order valence-corrected chi connectivity index (χ3v) is 7.48. The van der Waals surface area contributed by atoms with Crippen molar-refractivity contribution in [3.05, 3.63) is 76.9 Å². The van der Waals surface area contributed by atoms with Crippen LogP contribution in [0.5, 0.6) is 0 Å². The first-order valence-corrected chi connectivity index (χ1v) is 14.0. The zero-order valence-electron chi connectivity index (χ0n) is 21.3. The van der Waals surface area contributed by atoms with Gasteiger partial charge in [0.25, 0.3) is 5.91 Å². The van der Waals surface area contributed by atoms with Gasteiger partial charge in [-0.1, -0.05) is 73.6 Å². The van der Waals surface area contributed by atoms with Gasteiger partial charge < -0.3 is 15.2 Å². The van der Waals surface area contributed by atoms with Gasteiger partial charge in [-0.25, -0.2) is 4.98 Å². The summed E-state index contributed by atoms with van der Waals surface area (Å²) in [6, 6.07) is 17.0. The molecule has 0 unspecified atom stereocenters. The molecule has 2 amide bonds. The van der Waals surface area contributed by atoms with Crippen LogP contribution in [-0.4, -0.2) is 37.3 Å². The highest BCUT2D eigenvalue weighted by molar-refractivity contribution is 7.99. The molecule has 4 rings (SSSR count). The molecule has 0 radical (unpaired) electrons. The quantitative estimate of drug-likeness (QED) is 0.257. The maximum Gasteiger partial charge on any atom is 0.251 e. The van der Waals surface area contributed by atoms with Crippen LogP contribution in [0.2, 0.25) is 0 Å². The predicted molar refractivity (Wildman–Crippen MR) is 149 cm³/mol. The fourth-order valence-corrected chi connectivity index (χ4v) is 5.30. The Bertz CT molecular complexity index is 1350. The van der Waals surface area contributed by atoms with E-state index in [4.69, 9.17) is 0 Å². The first-order valence-electron chi connectivity index (χ1n) is 12.1. The molecule has 2 aromatic carbocycles. The Balaban J connectivity index is 1.40. The summed E-state index contributed by atoms with van der Waals surface area (Å²) >= 11 is 2.70. The normalized spacial score (nSPS) is 11.9. The Kier molecular flexibility index (Phi) is 8.73. The van der Waals surface area contributed by atoms with Crippen molar-refractivity contribution >= 4 is 40.0 Å². The summed E-state index contributed by atoms with van der Waals surface area (Å²) in [5, 5.41) is 17.8. The van der Waals surface area contributed by atoms with E-state index in [-0.39, 0.29) is 29.5 Å². The molecule has 10 heteroatoms. The zero-order chi connectivity index (χ0) is 26.4. The van der Waals surface area contributed by atoms with E-state index in [2.05, 4.69) is 25.8 Å². The summed E-state index contributed by atoms with van der Waals surface area (Å²) < 4.78 is 1.95. The Labute approximate surface area is 224 Å². The molecule has 2 aromatic heterocycles. The fourth-order valence-electron chi connectivity index (χ4n) is 3.75. The van der Waals surface area contributed by atoms with Crippen LogP contribution >= 0.6 is 23.1 Å². The monoisotopic (exact) mass is 534 g/mol. The molecule has 0 aliphatic heterocycles. The van der Waals surface area contributed by atoms with E-state index in [9.17, 15) is 9.59 Å². The van der Waals surface area contributed by atoms with Crippen LogP contribution in [0.3, 0.4) is 0 Å². The Morgan fingerprint density at radius 1 is 1.05 bits per heavy atom. The number of thiazole rings is 1. The highest BCUT2D eigenvalue weighted by Gasteiger charge is 2.26. The molecule has 0 spiro atoms. The molecule has 192 valence electrons. The van der Waals surface area contributed by atoms with Crippen LogP contribution in [-0.2, 0) is 11.3 Å². The average Bonchev–Trinajstić information content (AvgIpc) is 3.53. The number of carbonyl (C=O) groups excluding carboxylic acids is 2. The lowest BCUT2D eigenvalue weighted by molar-refractivity contribution is -0.113. The molecular weight excluding hydrogens is 504 g/mol. The summed E-state index contributed by atoms with van der Waals surface area (Å²) in [7, 11) is 0. The van der Waals surface area contributed by atoms with E-state index < -0.39 is 0 Å². The van der Waals surface area contributed by atoms with Crippen molar-refractivity contribution in [2.75, 3.05) is 11.1 Å². The number of rotatable bonds is 10. The molecule has 0 bridgehead atoms. The number of hydrogen-bond donors (Lipinski definition) is 2. The lowest BCUT2D eigenvalue weighted by atomic mass is 10.0. The number of amides is 2. The molecule has 8 nitrogen and oxygen atoms in total.